The Morgan fingerprint density at radius 2 is 2.27 bits per heavy atom. The van der Waals surface area contributed by atoms with Crippen LogP contribution in [0.5, 0.6) is 0 Å². The van der Waals surface area contributed by atoms with Crippen molar-refractivity contribution in [3.63, 3.8) is 0 Å². The van der Waals surface area contributed by atoms with Crippen LogP contribution in [0.25, 0.3) is 0 Å². The molecule has 0 atom stereocenters. The van der Waals surface area contributed by atoms with Gasteiger partial charge in [-0.3, -0.25) is 5.32 Å². The van der Waals surface area contributed by atoms with Crippen molar-refractivity contribution in [3.05, 3.63) is 28.2 Å². The van der Waals surface area contributed by atoms with Crippen LogP contribution in [0.1, 0.15) is 5.56 Å². The van der Waals surface area contributed by atoms with Gasteiger partial charge in [-0.25, -0.2) is 4.79 Å². The van der Waals surface area contributed by atoms with Gasteiger partial charge in [0.1, 0.15) is 6.61 Å². The molecule has 5 heteroatoms. The highest BCUT2D eigenvalue weighted by molar-refractivity contribution is 9.10. The number of rotatable bonds is 3. The molecule has 82 valence electrons. The van der Waals surface area contributed by atoms with Gasteiger partial charge in [0, 0.05) is 10.2 Å². The van der Waals surface area contributed by atoms with Gasteiger partial charge in [-0.15, -0.1) is 0 Å². The number of anilines is 1. The summed E-state index contributed by atoms with van der Waals surface area (Å²) >= 11 is 3.32. The highest BCUT2D eigenvalue weighted by Crippen LogP contribution is 2.19. The molecule has 0 unspecified atom stereocenters. The number of benzene rings is 1. The fraction of sp³-hybridized carbons (Fsp3) is 0.300. The quantitative estimate of drug-likeness (QED) is 0.889. The molecule has 1 amide bonds. The van der Waals surface area contributed by atoms with Crippen LogP contribution in [0.15, 0.2) is 22.7 Å². The minimum atomic E-state index is -0.568. The van der Waals surface area contributed by atoms with Gasteiger partial charge in [-0.05, 0) is 30.7 Å². The second-order valence-electron chi connectivity index (χ2n) is 3.00. The molecule has 0 bridgehead atoms. The molecule has 2 N–H and O–H groups in total. The number of hydrogen-bond donors (Lipinski definition) is 2. The van der Waals surface area contributed by atoms with Crippen LogP contribution in [-0.4, -0.2) is 24.4 Å². The third kappa shape index (κ3) is 4.31. The van der Waals surface area contributed by atoms with E-state index in [4.69, 9.17) is 5.11 Å². The number of ether oxygens (including phenoxy) is 1. The summed E-state index contributed by atoms with van der Waals surface area (Å²) in [6, 6.07) is 5.53. The molecule has 1 aromatic rings. The van der Waals surface area contributed by atoms with E-state index in [0.29, 0.717) is 5.69 Å². The van der Waals surface area contributed by atoms with E-state index in [1.807, 2.05) is 19.1 Å². The van der Waals surface area contributed by atoms with E-state index in [9.17, 15) is 4.79 Å². The average molecular weight is 274 g/mol. The molecular weight excluding hydrogens is 262 g/mol. The van der Waals surface area contributed by atoms with Crippen molar-refractivity contribution in [2.45, 2.75) is 6.92 Å². The Balaban J connectivity index is 2.60. The summed E-state index contributed by atoms with van der Waals surface area (Å²) in [5, 5.41) is 11.0. The highest BCUT2D eigenvalue weighted by Gasteiger charge is 2.03. The third-order valence-electron chi connectivity index (χ3n) is 1.61. The molecule has 0 aliphatic carbocycles. The summed E-state index contributed by atoms with van der Waals surface area (Å²) in [6.45, 7) is 1.75. The lowest BCUT2D eigenvalue weighted by atomic mass is 10.2. The zero-order valence-corrected chi connectivity index (χ0v) is 9.87. The predicted molar refractivity (Wildman–Crippen MR) is 60.9 cm³/mol. The number of aliphatic hydroxyl groups excluding tert-OH is 1. The van der Waals surface area contributed by atoms with Crippen molar-refractivity contribution in [2.24, 2.45) is 0 Å². The Labute approximate surface area is 96.4 Å². The topological polar surface area (TPSA) is 58.6 Å². The predicted octanol–water partition coefficient (Wildman–Crippen LogP) is 2.30. The standard InChI is InChI=1S/C10H12BrNO3/c1-7-4-8(11)6-9(5-7)12-10(14)15-3-2-13/h4-6,13H,2-3H2,1H3,(H,12,14). The van der Waals surface area contributed by atoms with Gasteiger partial charge in [0.2, 0.25) is 0 Å². The Morgan fingerprint density at radius 1 is 1.53 bits per heavy atom. The van der Waals surface area contributed by atoms with Gasteiger partial charge < -0.3 is 9.84 Å². The van der Waals surface area contributed by atoms with E-state index >= 15 is 0 Å². The van der Waals surface area contributed by atoms with Crippen LogP contribution < -0.4 is 5.32 Å². The van der Waals surface area contributed by atoms with Crippen molar-refractivity contribution in [3.8, 4) is 0 Å². The van der Waals surface area contributed by atoms with Crippen LogP contribution in [0.2, 0.25) is 0 Å². The second kappa shape index (κ2) is 5.72. The second-order valence-corrected chi connectivity index (χ2v) is 3.92. The monoisotopic (exact) mass is 273 g/mol. The Bertz CT molecular complexity index is 334. The molecular formula is C10H12BrNO3. The Hall–Kier alpha value is -1.07. The van der Waals surface area contributed by atoms with Gasteiger partial charge in [0.05, 0.1) is 6.61 Å². The lowest BCUT2D eigenvalue weighted by Gasteiger charge is -2.07. The van der Waals surface area contributed by atoms with E-state index in [-0.39, 0.29) is 13.2 Å². The first-order chi connectivity index (χ1) is 7.11. The number of amides is 1. The molecule has 0 radical (unpaired) electrons. The number of carbonyl (C=O) groups excluding carboxylic acids is 1. The van der Waals surface area contributed by atoms with E-state index in [0.717, 1.165) is 10.0 Å². The maximum absolute atomic E-state index is 11.1. The van der Waals surface area contributed by atoms with Crippen molar-refractivity contribution in [2.75, 3.05) is 18.5 Å². The largest absolute Gasteiger partial charge is 0.447 e. The molecule has 0 heterocycles. The zero-order chi connectivity index (χ0) is 11.3. The minimum Gasteiger partial charge on any atom is -0.447 e. The average Bonchev–Trinajstić information content (AvgIpc) is 2.13. The first-order valence-electron chi connectivity index (χ1n) is 4.43. The Morgan fingerprint density at radius 3 is 2.87 bits per heavy atom. The van der Waals surface area contributed by atoms with E-state index in [1.54, 1.807) is 6.07 Å². The molecule has 4 nitrogen and oxygen atoms in total. The fourth-order valence-corrected chi connectivity index (χ4v) is 1.71. The molecule has 1 aromatic carbocycles. The number of aliphatic hydroxyl groups is 1. The molecule has 15 heavy (non-hydrogen) atoms. The minimum absolute atomic E-state index is 0.00117. The van der Waals surface area contributed by atoms with Gasteiger partial charge in [0.25, 0.3) is 0 Å². The first-order valence-corrected chi connectivity index (χ1v) is 5.23. The van der Waals surface area contributed by atoms with Crippen LogP contribution in [0.4, 0.5) is 10.5 Å². The fourth-order valence-electron chi connectivity index (χ4n) is 1.10. The summed E-state index contributed by atoms with van der Waals surface area (Å²) in [4.78, 5) is 11.1. The van der Waals surface area contributed by atoms with E-state index < -0.39 is 6.09 Å². The van der Waals surface area contributed by atoms with Crippen molar-refractivity contribution in [1.29, 1.82) is 0 Å². The summed E-state index contributed by atoms with van der Waals surface area (Å²) in [7, 11) is 0. The van der Waals surface area contributed by atoms with Gasteiger partial charge in [0.15, 0.2) is 0 Å². The van der Waals surface area contributed by atoms with Gasteiger partial charge in [-0.1, -0.05) is 15.9 Å². The van der Waals surface area contributed by atoms with Crippen LogP contribution in [0.3, 0.4) is 0 Å². The highest BCUT2D eigenvalue weighted by atomic mass is 79.9. The number of hydrogen-bond acceptors (Lipinski definition) is 3. The van der Waals surface area contributed by atoms with Crippen molar-refractivity contribution in [1.82, 2.24) is 0 Å². The maximum atomic E-state index is 11.1. The number of aryl methyl sites for hydroxylation is 1. The molecule has 0 aliphatic heterocycles. The van der Waals surface area contributed by atoms with Crippen molar-refractivity contribution < 1.29 is 14.6 Å². The number of carbonyl (C=O) groups is 1. The molecule has 0 saturated carbocycles. The van der Waals surface area contributed by atoms with Crippen LogP contribution in [-0.2, 0) is 4.74 Å². The Kier molecular flexibility index (Phi) is 4.58. The summed E-state index contributed by atoms with van der Waals surface area (Å²) < 4.78 is 5.55. The van der Waals surface area contributed by atoms with Gasteiger partial charge >= 0.3 is 6.09 Å². The SMILES string of the molecule is Cc1cc(Br)cc(NC(=O)OCCO)c1. The van der Waals surface area contributed by atoms with E-state index in [2.05, 4.69) is 26.0 Å². The van der Waals surface area contributed by atoms with Crippen molar-refractivity contribution >= 4 is 27.7 Å². The molecule has 1 rings (SSSR count). The molecule has 0 saturated heterocycles. The summed E-state index contributed by atoms with van der Waals surface area (Å²) in [6.07, 6.45) is -0.568. The lowest BCUT2D eigenvalue weighted by molar-refractivity contribution is 0.131. The molecule has 0 aromatic heterocycles. The van der Waals surface area contributed by atoms with Gasteiger partial charge in [-0.2, -0.15) is 0 Å². The lowest BCUT2D eigenvalue weighted by Crippen LogP contribution is -2.15. The maximum Gasteiger partial charge on any atom is 0.411 e. The summed E-state index contributed by atoms with van der Waals surface area (Å²) in [5.41, 5.74) is 1.69. The van der Waals surface area contributed by atoms with E-state index in [1.165, 1.54) is 0 Å². The normalized spacial score (nSPS) is 9.80. The third-order valence-corrected chi connectivity index (χ3v) is 2.07. The number of nitrogens with one attached hydrogen (secondary N) is 1. The molecule has 0 fully saturated rings. The molecule has 0 aliphatic rings. The zero-order valence-electron chi connectivity index (χ0n) is 8.29. The first kappa shape index (κ1) is 12.0. The van der Waals surface area contributed by atoms with Crippen LogP contribution in [0, 0.1) is 6.92 Å². The van der Waals surface area contributed by atoms with Crippen LogP contribution >= 0.6 is 15.9 Å². The summed E-state index contributed by atoms with van der Waals surface area (Å²) in [5.74, 6) is 0. The molecule has 0 spiro atoms. The smallest absolute Gasteiger partial charge is 0.411 e. The number of halogens is 1.